The molecule has 1 aliphatic rings. The minimum Gasteiger partial charge on any atom is -0.471 e. The van der Waals surface area contributed by atoms with Gasteiger partial charge in [-0.25, -0.2) is 18.9 Å². The number of fused-ring (bicyclic) bond motifs is 1. The van der Waals surface area contributed by atoms with Crippen LogP contribution in [0.1, 0.15) is 44.9 Å². The highest BCUT2D eigenvalue weighted by molar-refractivity contribution is 14.2. The molecular formula is C24H28FIN6O2. The van der Waals surface area contributed by atoms with Crippen molar-refractivity contribution < 1.29 is 13.9 Å². The van der Waals surface area contributed by atoms with Crippen LogP contribution in [0.15, 0.2) is 53.8 Å². The molecular weight excluding hydrogens is 550 g/mol. The van der Waals surface area contributed by atoms with Crippen LogP contribution in [0.3, 0.4) is 0 Å². The highest BCUT2D eigenvalue weighted by Gasteiger charge is 2.21. The molecule has 0 spiro atoms. The predicted octanol–water partition coefficient (Wildman–Crippen LogP) is 4.44. The van der Waals surface area contributed by atoms with Crippen molar-refractivity contribution in [2.75, 3.05) is 18.9 Å². The number of nitrogens with zero attached hydrogens (tertiary/aromatic N) is 4. The smallest absolute Gasteiger partial charge is 0.248 e. The Labute approximate surface area is 207 Å². The summed E-state index contributed by atoms with van der Waals surface area (Å²) in [5.74, 6) is 0.0855. The molecule has 1 aliphatic heterocycles. The first-order chi connectivity index (χ1) is 16.2. The first-order valence-corrected chi connectivity index (χ1v) is 13.1. The summed E-state index contributed by atoms with van der Waals surface area (Å²) < 4.78 is 28.4. The lowest BCUT2D eigenvalue weighted by Gasteiger charge is -2.20. The van der Waals surface area contributed by atoms with Gasteiger partial charge in [0.25, 0.3) is 0 Å². The predicted molar refractivity (Wildman–Crippen MR) is 141 cm³/mol. The van der Waals surface area contributed by atoms with Crippen LogP contribution in [0.5, 0.6) is 0 Å². The first-order valence-electron chi connectivity index (χ1n) is 10.9. The SMILES string of the molecule is C[C@H](NC1=IC(OCCOC(C)(C)C)=NC(c2c(N)nn3cccnc23)=C1)c1ccc(F)cc1. The molecule has 0 saturated heterocycles. The average molecular weight is 578 g/mol. The fourth-order valence-corrected chi connectivity index (χ4v) is 5.63. The Kier molecular flexibility index (Phi) is 7.39. The molecule has 8 nitrogen and oxygen atoms in total. The molecule has 3 N–H and O–H groups in total. The molecule has 0 bridgehead atoms. The highest BCUT2D eigenvalue weighted by atomic mass is 127. The number of benzene rings is 1. The minimum absolute atomic E-state index is 0.0317. The lowest BCUT2D eigenvalue weighted by Crippen LogP contribution is -2.26. The van der Waals surface area contributed by atoms with Gasteiger partial charge in [0, 0.05) is 18.4 Å². The van der Waals surface area contributed by atoms with Crippen LogP contribution in [-0.4, -0.2) is 41.0 Å². The van der Waals surface area contributed by atoms with E-state index in [9.17, 15) is 4.39 Å². The Morgan fingerprint density at radius 1 is 1.21 bits per heavy atom. The zero-order valence-corrected chi connectivity index (χ0v) is 21.7. The van der Waals surface area contributed by atoms with Gasteiger partial charge in [0.05, 0.1) is 27.1 Å². The number of anilines is 1. The first kappa shape index (κ1) is 24.4. The summed E-state index contributed by atoms with van der Waals surface area (Å²) in [5.41, 5.74) is 8.91. The van der Waals surface area contributed by atoms with E-state index in [-0.39, 0.29) is 17.5 Å². The third-order valence-electron chi connectivity index (χ3n) is 4.90. The molecule has 1 aromatic carbocycles. The van der Waals surface area contributed by atoms with Gasteiger partial charge < -0.3 is 15.2 Å². The fourth-order valence-electron chi connectivity index (χ4n) is 3.30. The second-order valence-electron chi connectivity index (χ2n) is 8.71. The van der Waals surface area contributed by atoms with Gasteiger partial charge in [-0.15, -0.1) is 5.10 Å². The highest BCUT2D eigenvalue weighted by Crippen LogP contribution is 2.31. The maximum Gasteiger partial charge on any atom is 0.248 e. The largest absolute Gasteiger partial charge is 0.471 e. The number of rotatable bonds is 7. The maximum atomic E-state index is 13.4. The van der Waals surface area contributed by atoms with E-state index in [1.807, 2.05) is 33.8 Å². The monoisotopic (exact) mass is 578 g/mol. The lowest BCUT2D eigenvalue weighted by atomic mass is 10.1. The lowest BCUT2D eigenvalue weighted by molar-refractivity contribution is -0.0172. The van der Waals surface area contributed by atoms with Gasteiger partial charge in [-0.1, -0.05) is 12.1 Å². The van der Waals surface area contributed by atoms with Crippen molar-refractivity contribution in [3.8, 4) is 0 Å². The van der Waals surface area contributed by atoms with E-state index in [2.05, 4.69) is 15.4 Å². The second-order valence-corrected chi connectivity index (χ2v) is 11.3. The number of hydrogen-bond donors (Lipinski definition) is 2. The van der Waals surface area contributed by atoms with Crippen LogP contribution in [0.4, 0.5) is 10.2 Å². The van der Waals surface area contributed by atoms with Gasteiger partial charge in [0.15, 0.2) is 11.5 Å². The van der Waals surface area contributed by atoms with Crippen LogP contribution < -0.4 is 11.1 Å². The Morgan fingerprint density at radius 2 is 1.97 bits per heavy atom. The molecule has 0 aliphatic carbocycles. The third kappa shape index (κ3) is 6.05. The van der Waals surface area contributed by atoms with Gasteiger partial charge in [-0.3, -0.25) is 5.32 Å². The van der Waals surface area contributed by atoms with E-state index in [0.29, 0.717) is 39.8 Å². The molecule has 34 heavy (non-hydrogen) atoms. The van der Waals surface area contributed by atoms with Crippen molar-refractivity contribution in [2.24, 2.45) is 4.99 Å². The van der Waals surface area contributed by atoms with Crippen molar-refractivity contribution in [3.05, 3.63) is 65.7 Å². The van der Waals surface area contributed by atoms with Crippen LogP contribution in [0.2, 0.25) is 0 Å². The molecule has 0 fully saturated rings. The Balaban J connectivity index is 1.62. The average Bonchev–Trinajstić information content (AvgIpc) is 3.12. The van der Waals surface area contributed by atoms with Crippen molar-refractivity contribution in [2.45, 2.75) is 39.3 Å². The van der Waals surface area contributed by atoms with E-state index in [1.54, 1.807) is 35.1 Å². The second kappa shape index (κ2) is 10.3. The van der Waals surface area contributed by atoms with E-state index < -0.39 is 20.7 Å². The summed E-state index contributed by atoms with van der Waals surface area (Å²) in [6, 6.07) is 8.25. The number of aliphatic imine (C=N–C) groups is 1. The van der Waals surface area contributed by atoms with Crippen molar-refractivity contribution in [1.82, 2.24) is 19.9 Å². The Hall–Kier alpha value is -2.70. The topological polar surface area (TPSA) is 99.1 Å². The van der Waals surface area contributed by atoms with Crippen LogP contribution in [0, 0.1) is 5.82 Å². The maximum absolute atomic E-state index is 13.4. The van der Waals surface area contributed by atoms with Crippen molar-refractivity contribution in [1.29, 1.82) is 0 Å². The molecule has 1 atom stereocenters. The van der Waals surface area contributed by atoms with E-state index >= 15 is 0 Å². The Bertz CT molecular complexity index is 1260. The molecule has 4 rings (SSSR count). The number of ether oxygens (including phenoxy) is 2. The molecule has 2 aromatic heterocycles. The molecule has 0 saturated carbocycles. The van der Waals surface area contributed by atoms with E-state index in [1.165, 1.54) is 12.1 Å². The summed E-state index contributed by atoms with van der Waals surface area (Å²) in [5, 5.41) is 7.91. The van der Waals surface area contributed by atoms with Crippen LogP contribution >= 0.6 is 20.7 Å². The minimum atomic E-state index is -0.715. The summed E-state index contributed by atoms with van der Waals surface area (Å²) in [6.45, 7) is 8.91. The zero-order chi connectivity index (χ0) is 24.3. The number of halogens is 2. The van der Waals surface area contributed by atoms with Crippen molar-refractivity contribution in [3.63, 3.8) is 0 Å². The molecule has 0 radical (unpaired) electrons. The third-order valence-corrected chi connectivity index (χ3v) is 7.11. The van der Waals surface area contributed by atoms with Gasteiger partial charge in [0.1, 0.15) is 12.4 Å². The summed E-state index contributed by atoms with van der Waals surface area (Å²) in [6.07, 6.45) is 5.47. The van der Waals surface area contributed by atoms with Crippen molar-refractivity contribution >= 4 is 45.4 Å². The summed E-state index contributed by atoms with van der Waals surface area (Å²) in [7, 11) is 0. The number of nitrogens with two attached hydrogens (primary N) is 1. The quantitative estimate of drug-likeness (QED) is 0.318. The molecule has 10 heteroatoms. The molecule has 0 amide bonds. The molecule has 3 heterocycles. The number of hydrogen-bond acceptors (Lipinski definition) is 7. The van der Waals surface area contributed by atoms with Gasteiger partial charge >= 0.3 is 0 Å². The van der Waals surface area contributed by atoms with E-state index in [4.69, 9.17) is 20.2 Å². The summed E-state index contributed by atoms with van der Waals surface area (Å²) >= 11 is -0.715. The van der Waals surface area contributed by atoms with Crippen LogP contribution in [0.25, 0.3) is 11.3 Å². The zero-order valence-electron chi connectivity index (χ0n) is 19.5. The van der Waals surface area contributed by atoms with Gasteiger partial charge in [0.2, 0.25) is 3.90 Å². The number of nitrogen functional groups attached to an aromatic ring is 1. The number of nitrogens with one attached hydrogen (secondary N) is 1. The van der Waals surface area contributed by atoms with Gasteiger partial charge in [-0.2, -0.15) is 0 Å². The standard InChI is InChI=1S/C24H28FIN6O2/c1-15(16-6-8-17(25)9-7-16)29-19-14-18(20-21(27)31-32-11-5-10-28-22(20)32)30-23(26-19)33-12-13-34-24(2,3)4/h5-11,14-15,29H,12-13H2,1-4H3,(H2,27,31)/t15-/m0/s1. The Morgan fingerprint density at radius 3 is 2.71 bits per heavy atom. The molecule has 0 unspecified atom stereocenters. The van der Waals surface area contributed by atoms with Gasteiger partial charge in [-0.05, 0) is 78.3 Å². The molecule has 180 valence electrons. The fraction of sp³-hybridized carbons (Fsp3) is 0.333. The van der Waals surface area contributed by atoms with E-state index in [0.717, 1.165) is 9.20 Å². The molecule has 3 aromatic rings. The normalized spacial score (nSPS) is 15.3. The number of aromatic nitrogens is 3. The van der Waals surface area contributed by atoms with Crippen LogP contribution in [-0.2, 0) is 9.47 Å². The summed E-state index contributed by atoms with van der Waals surface area (Å²) in [4.78, 5) is 9.22.